The van der Waals surface area contributed by atoms with E-state index in [-0.39, 0.29) is 0 Å². The molecule has 0 fully saturated rings. The lowest BCUT2D eigenvalue weighted by molar-refractivity contribution is -0.142. The molecule has 0 amide bonds. The summed E-state index contributed by atoms with van der Waals surface area (Å²) < 4.78 is 8.92. The first-order valence-electron chi connectivity index (χ1n) is 4.44. The van der Waals surface area contributed by atoms with Crippen LogP contribution in [0.25, 0.3) is 0 Å². The van der Waals surface area contributed by atoms with Crippen molar-refractivity contribution in [2.75, 3.05) is 25.7 Å². The number of methoxy groups -OCH3 is 2. The average Bonchev–Trinajstić information content (AvgIpc) is 2.31. The van der Waals surface area contributed by atoms with Gasteiger partial charge in [0, 0.05) is 11.5 Å². The highest BCUT2D eigenvalue weighted by molar-refractivity contribution is 8.76. The summed E-state index contributed by atoms with van der Waals surface area (Å²) in [6.45, 7) is 0. The first kappa shape index (κ1) is 15.6. The van der Waals surface area contributed by atoms with Crippen molar-refractivity contribution >= 4 is 33.5 Å². The SMILES string of the molecule is COC(=O)C(N)CSSCC(N)C(=O)OC. The Morgan fingerprint density at radius 3 is 1.56 bits per heavy atom. The van der Waals surface area contributed by atoms with Gasteiger partial charge < -0.3 is 20.9 Å². The lowest BCUT2D eigenvalue weighted by Gasteiger charge is -2.10. The fourth-order valence-electron chi connectivity index (χ4n) is 0.682. The van der Waals surface area contributed by atoms with Gasteiger partial charge in [0.1, 0.15) is 12.1 Å². The monoisotopic (exact) mass is 268 g/mol. The maximum Gasteiger partial charge on any atom is 0.323 e. The number of esters is 2. The molecule has 0 aromatic heterocycles. The minimum absolute atomic E-state index is 0.408. The van der Waals surface area contributed by atoms with Crippen LogP contribution in [0.4, 0.5) is 0 Å². The Kier molecular flexibility index (Phi) is 8.44. The Morgan fingerprint density at radius 1 is 1.00 bits per heavy atom. The van der Waals surface area contributed by atoms with Crippen LogP contribution in [-0.4, -0.2) is 49.7 Å². The van der Waals surface area contributed by atoms with Gasteiger partial charge in [-0.25, -0.2) is 0 Å². The van der Waals surface area contributed by atoms with Crippen LogP contribution in [0.15, 0.2) is 0 Å². The number of hydrogen-bond acceptors (Lipinski definition) is 8. The van der Waals surface area contributed by atoms with Crippen molar-refractivity contribution in [1.29, 1.82) is 0 Å². The molecule has 0 saturated heterocycles. The van der Waals surface area contributed by atoms with E-state index < -0.39 is 24.0 Å². The van der Waals surface area contributed by atoms with Crippen molar-refractivity contribution in [1.82, 2.24) is 0 Å². The zero-order valence-corrected chi connectivity index (χ0v) is 10.8. The maximum atomic E-state index is 10.9. The fourth-order valence-corrected chi connectivity index (χ4v) is 2.90. The Morgan fingerprint density at radius 2 is 1.31 bits per heavy atom. The summed E-state index contributed by atoms with van der Waals surface area (Å²) in [5.41, 5.74) is 11.0. The predicted molar refractivity (Wildman–Crippen MR) is 64.9 cm³/mol. The van der Waals surface area contributed by atoms with Gasteiger partial charge in [0.15, 0.2) is 0 Å². The molecule has 2 unspecified atom stereocenters. The van der Waals surface area contributed by atoms with Gasteiger partial charge >= 0.3 is 11.9 Å². The molecule has 0 aliphatic rings. The van der Waals surface area contributed by atoms with Gasteiger partial charge in [-0.3, -0.25) is 9.59 Å². The second-order valence-corrected chi connectivity index (χ2v) is 5.38. The number of ether oxygens (including phenoxy) is 2. The topological polar surface area (TPSA) is 105 Å². The quantitative estimate of drug-likeness (QED) is 0.357. The number of carbonyl (C=O) groups is 2. The second-order valence-electron chi connectivity index (χ2n) is 2.83. The first-order valence-corrected chi connectivity index (χ1v) is 6.93. The van der Waals surface area contributed by atoms with Crippen LogP contribution in [0.3, 0.4) is 0 Å². The standard InChI is InChI=1S/C8H16N2O4S2/c1-13-7(11)5(9)3-15-16-4-6(10)8(12)14-2/h5-6H,3-4,9-10H2,1-2H3. The minimum atomic E-state index is -0.656. The third-order valence-electron chi connectivity index (χ3n) is 1.59. The van der Waals surface area contributed by atoms with Gasteiger partial charge in [0.25, 0.3) is 0 Å². The number of rotatable bonds is 7. The van der Waals surface area contributed by atoms with Crippen molar-refractivity contribution in [3.8, 4) is 0 Å². The number of nitrogens with two attached hydrogens (primary N) is 2. The van der Waals surface area contributed by atoms with Crippen LogP contribution >= 0.6 is 21.6 Å². The third-order valence-corrected chi connectivity index (χ3v) is 4.06. The molecule has 0 aliphatic carbocycles. The molecule has 0 rings (SSSR count). The van der Waals surface area contributed by atoms with E-state index in [1.54, 1.807) is 0 Å². The van der Waals surface area contributed by atoms with Crippen molar-refractivity contribution in [2.45, 2.75) is 12.1 Å². The summed E-state index contributed by atoms with van der Waals surface area (Å²) in [6, 6.07) is -1.31. The molecule has 0 aromatic carbocycles. The largest absolute Gasteiger partial charge is 0.468 e. The molecule has 0 spiro atoms. The molecule has 4 N–H and O–H groups in total. The molecule has 0 radical (unpaired) electrons. The predicted octanol–water partition coefficient (Wildman–Crippen LogP) is -0.632. The molecule has 94 valence electrons. The summed E-state index contributed by atoms with van der Waals surface area (Å²) in [5.74, 6) is -0.0908. The van der Waals surface area contributed by atoms with E-state index in [4.69, 9.17) is 11.5 Å². The summed E-state index contributed by atoms with van der Waals surface area (Å²) in [7, 11) is 5.30. The van der Waals surface area contributed by atoms with Crippen LogP contribution in [0, 0.1) is 0 Å². The van der Waals surface area contributed by atoms with Crippen molar-refractivity contribution in [3.05, 3.63) is 0 Å². The summed E-state index contributed by atoms with van der Waals surface area (Å²) in [4.78, 5) is 21.9. The lowest BCUT2D eigenvalue weighted by atomic mass is 10.4. The van der Waals surface area contributed by atoms with Crippen LogP contribution in [-0.2, 0) is 19.1 Å². The van der Waals surface area contributed by atoms with Gasteiger partial charge in [0.05, 0.1) is 14.2 Å². The zero-order chi connectivity index (χ0) is 12.6. The molecular weight excluding hydrogens is 252 g/mol. The van der Waals surface area contributed by atoms with Crippen LogP contribution in [0.2, 0.25) is 0 Å². The lowest BCUT2D eigenvalue weighted by Crippen LogP contribution is -2.34. The molecule has 2 atom stereocenters. The van der Waals surface area contributed by atoms with Crippen molar-refractivity contribution < 1.29 is 19.1 Å². The van der Waals surface area contributed by atoms with E-state index in [9.17, 15) is 9.59 Å². The van der Waals surface area contributed by atoms with E-state index in [2.05, 4.69) is 9.47 Å². The van der Waals surface area contributed by atoms with Crippen LogP contribution < -0.4 is 11.5 Å². The minimum Gasteiger partial charge on any atom is -0.468 e. The van der Waals surface area contributed by atoms with E-state index >= 15 is 0 Å². The van der Waals surface area contributed by atoms with Crippen LogP contribution in [0.1, 0.15) is 0 Å². The number of carbonyl (C=O) groups excluding carboxylic acids is 2. The molecule has 16 heavy (non-hydrogen) atoms. The molecular formula is C8H16N2O4S2. The highest BCUT2D eigenvalue weighted by atomic mass is 33.1. The Labute approximate surface area is 102 Å². The van der Waals surface area contributed by atoms with Crippen LogP contribution in [0.5, 0.6) is 0 Å². The molecule has 0 aliphatic heterocycles. The highest BCUT2D eigenvalue weighted by Gasteiger charge is 2.16. The van der Waals surface area contributed by atoms with Gasteiger partial charge in [-0.2, -0.15) is 0 Å². The molecule has 0 saturated carbocycles. The van der Waals surface area contributed by atoms with E-state index in [1.165, 1.54) is 35.8 Å². The van der Waals surface area contributed by atoms with Gasteiger partial charge in [-0.1, -0.05) is 21.6 Å². The fraction of sp³-hybridized carbons (Fsp3) is 0.750. The van der Waals surface area contributed by atoms with E-state index in [0.717, 1.165) is 0 Å². The summed E-state index contributed by atoms with van der Waals surface area (Å²) in [6.07, 6.45) is 0. The van der Waals surface area contributed by atoms with E-state index in [1.807, 2.05) is 0 Å². The van der Waals surface area contributed by atoms with Crippen molar-refractivity contribution in [3.63, 3.8) is 0 Å². The summed E-state index contributed by atoms with van der Waals surface area (Å²) >= 11 is 0. The molecule has 0 aromatic rings. The Hall–Kier alpha value is -0.440. The van der Waals surface area contributed by atoms with Gasteiger partial charge in [0.2, 0.25) is 0 Å². The normalized spacial score (nSPS) is 14.0. The number of hydrogen-bond donors (Lipinski definition) is 2. The maximum absolute atomic E-state index is 10.9. The van der Waals surface area contributed by atoms with Gasteiger partial charge in [-0.05, 0) is 0 Å². The third kappa shape index (κ3) is 6.21. The Bertz CT molecular complexity index is 216. The van der Waals surface area contributed by atoms with Crippen molar-refractivity contribution in [2.24, 2.45) is 11.5 Å². The molecule has 6 nitrogen and oxygen atoms in total. The molecule has 8 heteroatoms. The molecule has 0 bridgehead atoms. The average molecular weight is 268 g/mol. The zero-order valence-electron chi connectivity index (χ0n) is 9.17. The molecule has 0 heterocycles. The highest BCUT2D eigenvalue weighted by Crippen LogP contribution is 2.22. The van der Waals surface area contributed by atoms with E-state index in [0.29, 0.717) is 11.5 Å². The summed E-state index contributed by atoms with van der Waals surface area (Å²) in [5, 5.41) is 0. The second kappa shape index (κ2) is 8.68. The first-order chi connectivity index (χ1) is 7.52. The Balaban J connectivity index is 3.60. The smallest absolute Gasteiger partial charge is 0.323 e. The van der Waals surface area contributed by atoms with Gasteiger partial charge in [-0.15, -0.1) is 0 Å².